The summed E-state index contributed by atoms with van der Waals surface area (Å²) in [5.74, 6) is 2.79. The maximum Gasteiger partial charge on any atom is 0.131 e. The first-order valence-corrected chi connectivity index (χ1v) is 7.30. The van der Waals surface area contributed by atoms with Crippen LogP contribution in [-0.2, 0) is 6.42 Å². The third-order valence-corrected chi connectivity index (χ3v) is 3.62. The van der Waals surface area contributed by atoms with Crippen LogP contribution in [0.3, 0.4) is 0 Å². The van der Waals surface area contributed by atoms with Crippen molar-refractivity contribution >= 4 is 21.7 Å². The largest absolute Gasteiger partial charge is 0.367 e. The third-order valence-electron chi connectivity index (χ3n) is 3.22. The van der Waals surface area contributed by atoms with E-state index in [1.54, 1.807) is 0 Å². The summed E-state index contributed by atoms with van der Waals surface area (Å²) in [4.78, 5) is 8.84. The summed E-state index contributed by atoms with van der Waals surface area (Å²) in [5, 5.41) is 3.53. The number of aryl methyl sites for hydroxylation is 1. The maximum atomic E-state index is 4.52. The van der Waals surface area contributed by atoms with Crippen molar-refractivity contribution in [2.45, 2.75) is 52.0 Å². The van der Waals surface area contributed by atoms with Crippen LogP contribution < -0.4 is 5.32 Å². The molecule has 0 radical (unpaired) electrons. The predicted molar refractivity (Wildman–Crippen MR) is 74.2 cm³/mol. The molecule has 1 aromatic rings. The first-order valence-electron chi connectivity index (χ1n) is 6.51. The number of nitrogens with zero attached hydrogens (tertiary/aromatic N) is 2. The van der Waals surface area contributed by atoms with E-state index in [2.05, 4.69) is 45.1 Å². The standard InChI is InChI=1S/C13H20BrN3/c1-3-10(7-9-5-6-9)15-13-8-11(14)16-12(4-2)17-13/h8-10H,3-7H2,1-2H3,(H,15,16,17). The van der Waals surface area contributed by atoms with Gasteiger partial charge >= 0.3 is 0 Å². The van der Waals surface area contributed by atoms with Crippen LogP contribution >= 0.6 is 15.9 Å². The Balaban J connectivity index is 2.01. The number of aromatic nitrogens is 2. The Kier molecular flexibility index (Phi) is 4.37. The van der Waals surface area contributed by atoms with Crippen molar-refractivity contribution in [2.24, 2.45) is 5.92 Å². The lowest BCUT2D eigenvalue weighted by Gasteiger charge is -2.17. The number of hydrogen-bond donors (Lipinski definition) is 1. The highest BCUT2D eigenvalue weighted by atomic mass is 79.9. The predicted octanol–water partition coefficient (Wildman–Crippen LogP) is 3.79. The molecule has 0 aromatic carbocycles. The molecule has 0 saturated heterocycles. The molecule has 1 aliphatic carbocycles. The SMILES string of the molecule is CCc1nc(Br)cc(NC(CC)CC2CC2)n1. The van der Waals surface area contributed by atoms with Crippen LogP contribution in [0.15, 0.2) is 10.7 Å². The van der Waals surface area contributed by atoms with Crippen molar-refractivity contribution in [1.29, 1.82) is 0 Å². The van der Waals surface area contributed by atoms with Gasteiger partial charge in [-0.3, -0.25) is 0 Å². The van der Waals surface area contributed by atoms with Gasteiger partial charge in [0.2, 0.25) is 0 Å². The second kappa shape index (κ2) is 5.80. The van der Waals surface area contributed by atoms with Crippen molar-refractivity contribution < 1.29 is 0 Å². The molecule has 0 spiro atoms. The second-order valence-corrected chi connectivity index (χ2v) is 5.59. The van der Waals surface area contributed by atoms with Crippen molar-refractivity contribution in [2.75, 3.05) is 5.32 Å². The van der Waals surface area contributed by atoms with E-state index in [1.807, 2.05) is 6.07 Å². The van der Waals surface area contributed by atoms with E-state index in [-0.39, 0.29) is 0 Å². The van der Waals surface area contributed by atoms with Crippen molar-refractivity contribution in [3.05, 3.63) is 16.5 Å². The van der Waals surface area contributed by atoms with E-state index in [0.29, 0.717) is 6.04 Å². The number of nitrogens with one attached hydrogen (secondary N) is 1. The van der Waals surface area contributed by atoms with Gasteiger partial charge < -0.3 is 5.32 Å². The lowest BCUT2D eigenvalue weighted by atomic mass is 10.1. The summed E-state index contributed by atoms with van der Waals surface area (Å²) in [7, 11) is 0. The van der Waals surface area contributed by atoms with Gasteiger partial charge in [0, 0.05) is 18.5 Å². The van der Waals surface area contributed by atoms with Gasteiger partial charge in [-0.25, -0.2) is 9.97 Å². The fraction of sp³-hybridized carbons (Fsp3) is 0.692. The molecule has 0 amide bonds. The van der Waals surface area contributed by atoms with Crippen molar-refractivity contribution in [3.63, 3.8) is 0 Å². The van der Waals surface area contributed by atoms with E-state index in [9.17, 15) is 0 Å². The minimum Gasteiger partial charge on any atom is -0.367 e. The van der Waals surface area contributed by atoms with Gasteiger partial charge in [0.25, 0.3) is 0 Å². The topological polar surface area (TPSA) is 37.8 Å². The Hall–Kier alpha value is -0.640. The lowest BCUT2D eigenvalue weighted by Crippen LogP contribution is -2.20. The highest BCUT2D eigenvalue weighted by Crippen LogP contribution is 2.34. The summed E-state index contributed by atoms with van der Waals surface area (Å²) in [6.45, 7) is 4.31. The average molecular weight is 298 g/mol. The summed E-state index contributed by atoms with van der Waals surface area (Å²) in [5.41, 5.74) is 0. The third kappa shape index (κ3) is 3.95. The summed E-state index contributed by atoms with van der Waals surface area (Å²) < 4.78 is 0.869. The van der Waals surface area contributed by atoms with Gasteiger partial charge in [-0.15, -0.1) is 0 Å². The average Bonchev–Trinajstić information content (AvgIpc) is 3.11. The van der Waals surface area contributed by atoms with Crippen LogP contribution in [0.2, 0.25) is 0 Å². The van der Waals surface area contributed by atoms with E-state index in [4.69, 9.17) is 0 Å². The van der Waals surface area contributed by atoms with Crippen LogP contribution in [0.1, 0.15) is 45.4 Å². The van der Waals surface area contributed by atoms with Gasteiger partial charge in [-0.2, -0.15) is 0 Å². The summed E-state index contributed by atoms with van der Waals surface area (Å²) in [6, 6.07) is 2.52. The Morgan fingerprint density at radius 2 is 2.18 bits per heavy atom. The monoisotopic (exact) mass is 297 g/mol. The molecule has 0 bridgehead atoms. The van der Waals surface area contributed by atoms with Crippen LogP contribution in [0.4, 0.5) is 5.82 Å². The van der Waals surface area contributed by atoms with E-state index in [0.717, 1.165) is 35.0 Å². The molecule has 1 saturated carbocycles. The Bertz CT molecular complexity index is 377. The molecule has 1 aromatic heterocycles. The smallest absolute Gasteiger partial charge is 0.131 e. The zero-order valence-corrected chi connectivity index (χ0v) is 12.1. The Morgan fingerprint density at radius 1 is 1.41 bits per heavy atom. The molecular weight excluding hydrogens is 278 g/mol. The molecule has 3 nitrogen and oxygen atoms in total. The minimum atomic E-state index is 0.550. The highest BCUT2D eigenvalue weighted by molar-refractivity contribution is 9.10. The molecule has 1 fully saturated rings. The molecule has 17 heavy (non-hydrogen) atoms. The zero-order chi connectivity index (χ0) is 12.3. The van der Waals surface area contributed by atoms with Crippen molar-refractivity contribution in [1.82, 2.24) is 9.97 Å². The first kappa shape index (κ1) is 12.8. The van der Waals surface area contributed by atoms with Gasteiger partial charge in [0.15, 0.2) is 0 Å². The van der Waals surface area contributed by atoms with Crippen LogP contribution in [-0.4, -0.2) is 16.0 Å². The van der Waals surface area contributed by atoms with E-state index in [1.165, 1.54) is 19.3 Å². The quantitative estimate of drug-likeness (QED) is 0.812. The number of anilines is 1. The number of hydrogen-bond acceptors (Lipinski definition) is 3. The number of halogens is 1. The summed E-state index contributed by atoms with van der Waals surface area (Å²) >= 11 is 3.44. The fourth-order valence-electron chi connectivity index (χ4n) is 1.99. The van der Waals surface area contributed by atoms with Gasteiger partial charge in [-0.05, 0) is 34.7 Å². The molecule has 0 aliphatic heterocycles. The molecule has 94 valence electrons. The van der Waals surface area contributed by atoms with Crippen molar-refractivity contribution in [3.8, 4) is 0 Å². The fourth-order valence-corrected chi connectivity index (χ4v) is 2.41. The second-order valence-electron chi connectivity index (χ2n) is 4.77. The molecule has 1 unspecified atom stereocenters. The van der Waals surface area contributed by atoms with Crippen LogP contribution in [0.25, 0.3) is 0 Å². The molecule has 1 heterocycles. The van der Waals surface area contributed by atoms with Gasteiger partial charge in [0.05, 0.1) is 0 Å². The van der Waals surface area contributed by atoms with E-state index < -0.39 is 0 Å². The molecule has 4 heteroatoms. The molecule has 1 N–H and O–H groups in total. The highest BCUT2D eigenvalue weighted by Gasteiger charge is 2.24. The molecule has 1 aliphatic rings. The zero-order valence-electron chi connectivity index (χ0n) is 10.5. The normalized spacial score (nSPS) is 16.9. The van der Waals surface area contributed by atoms with Crippen LogP contribution in [0.5, 0.6) is 0 Å². The first-order chi connectivity index (χ1) is 8.21. The van der Waals surface area contributed by atoms with Crippen LogP contribution in [0, 0.1) is 5.92 Å². The lowest BCUT2D eigenvalue weighted by molar-refractivity contribution is 0.584. The Labute approximate surface area is 112 Å². The molecular formula is C13H20BrN3. The summed E-state index contributed by atoms with van der Waals surface area (Å²) in [6.07, 6.45) is 6.12. The molecule has 1 atom stereocenters. The maximum absolute atomic E-state index is 4.52. The minimum absolute atomic E-state index is 0.550. The van der Waals surface area contributed by atoms with E-state index >= 15 is 0 Å². The molecule has 2 rings (SSSR count). The number of rotatable bonds is 6. The Morgan fingerprint density at radius 3 is 2.76 bits per heavy atom. The van der Waals surface area contributed by atoms with Gasteiger partial charge in [0.1, 0.15) is 16.2 Å². The van der Waals surface area contributed by atoms with Gasteiger partial charge in [-0.1, -0.05) is 26.7 Å².